The highest BCUT2D eigenvalue weighted by molar-refractivity contribution is 8.00. The molecule has 0 aromatic heterocycles. The van der Waals surface area contributed by atoms with E-state index in [1.54, 1.807) is 0 Å². The maximum atomic E-state index is 12.9. The first kappa shape index (κ1) is 28.4. The third kappa shape index (κ3) is 7.08. The van der Waals surface area contributed by atoms with Crippen LogP contribution in [0.5, 0.6) is 0 Å². The summed E-state index contributed by atoms with van der Waals surface area (Å²) < 4.78 is 19.6. The molecule has 1 fully saturated rings. The van der Waals surface area contributed by atoms with Crippen LogP contribution >= 0.6 is 23.4 Å². The average Bonchev–Trinajstić information content (AvgIpc) is 2.85. The standard InChI is InChI=1S/C20H26ClN3O10S/c1-4-5-6-32-20(29)34-10-33-19(28)15-11(8-30-2)9-35-18-14(17(27)24(15)18)22-16(26)13(23-31-3)12(25)7-21/h14,18H,4-10H2,1-3H3,(H,22,26)/t14?,18-/m1/s1. The van der Waals surface area contributed by atoms with Gasteiger partial charge in [0.15, 0.2) is 0 Å². The van der Waals surface area contributed by atoms with Gasteiger partial charge < -0.3 is 29.1 Å². The van der Waals surface area contributed by atoms with Crippen LogP contribution in [0, 0.1) is 0 Å². The molecule has 0 aromatic rings. The highest BCUT2D eigenvalue weighted by atomic mass is 35.5. The van der Waals surface area contributed by atoms with Gasteiger partial charge in [0.2, 0.25) is 18.3 Å². The van der Waals surface area contributed by atoms with E-state index in [1.807, 2.05) is 6.92 Å². The van der Waals surface area contributed by atoms with Gasteiger partial charge in [-0.1, -0.05) is 18.5 Å². The second-order valence-electron chi connectivity index (χ2n) is 7.07. The minimum Gasteiger partial charge on any atom is -0.434 e. The fourth-order valence-electron chi connectivity index (χ4n) is 3.08. The number of rotatable bonds is 13. The minimum atomic E-state index is -1.05. The first-order chi connectivity index (χ1) is 16.8. The molecule has 1 saturated heterocycles. The van der Waals surface area contributed by atoms with E-state index in [-0.39, 0.29) is 18.9 Å². The average molecular weight is 536 g/mol. The van der Waals surface area contributed by atoms with Crippen molar-refractivity contribution in [3.8, 4) is 0 Å². The molecule has 0 saturated carbocycles. The molecule has 2 rings (SSSR count). The van der Waals surface area contributed by atoms with E-state index in [0.717, 1.165) is 18.4 Å². The van der Waals surface area contributed by atoms with E-state index in [9.17, 15) is 24.0 Å². The Morgan fingerprint density at radius 3 is 2.57 bits per heavy atom. The van der Waals surface area contributed by atoms with Gasteiger partial charge in [-0.25, -0.2) is 9.59 Å². The summed E-state index contributed by atoms with van der Waals surface area (Å²) in [6.45, 7) is 1.43. The predicted octanol–water partition coefficient (Wildman–Crippen LogP) is 0.551. The van der Waals surface area contributed by atoms with Crippen LogP contribution in [-0.2, 0) is 43.0 Å². The second-order valence-corrected chi connectivity index (χ2v) is 8.44. The minimum absolute atomic E-state index is 0.0414. The number of nitrogens with one attached hydrogen (secondary N) is 1. The monoisotopic (exact) mass is 535 g/mol. The predicted molar refractivity (Wildman–Crippen MR) is 122 cm³/mol. The maximum Gasteiger partial charge on any atom is 0.511 e. The number of hydrogen-bond donors (Lipinski definition) is 1. The van der Waals surface area contributed by atoms with Crippen LogP contribution in [-0.4, -0.2) is 97.6 Å². The van der Waals surface area contributed by atoms with Gasteiger partial charge in [0.1, 0.15) is 24.2 Å². The lowest BCUT2D eigenvalue weighted by molar-refractivity contribution is -0.157. The van der Waals surface area contributed by atoms with Crippen LogP contribution in [0.25, 0.3) is 0 Å². The summed E-state index contributed by atoms with van der Waals surface area (Å²) in [5.41, 5.74) is -0.189. The van der Waals surface area contributed by atoms with Crippen molar-refractivity contribution in [3.05, 3.63) is 11.3 Å². The smallest absolute Gasteiger partial charge is 0.434 e. The molecule has 0 radical (unpaired) electrons. The highest BCUT2D eigenvalue weighted by Gasteiger charge is 2.54. The number of nitrogens with zero attached hydrogens (tertiary/aromatic N) is 2. The number of halogens is 1. The number of thioether (sulfide) groups is 1. The first-order valence-corrected chi connectivity index (χ1v) is 12.0. The SMILES string of the molecule is CCCCOC(=O)OCOC(=O)C1=C(COC)CS[C@@H]2C(NC(=O)C(=NOC)C(=O)CCl)C(=O)N12. The van der Waals surface area contributed by atoms with Crippen molar-refractivity contribution in [2.45, 2.75) is 31.2 Å². The molecular formula is C20H26ClN3O10S. The number of carbonyl (C=O) groups excluding carboxylic acids is 5. The Balaban J connectivity index is 2.07. The summed E-state index contributed by atoms with van der Waals surface area (Å²) in [6.07, 6.45) is 0.499. The Morgan fingerprint density at radius 2 is 1.94 bits per heavy atom. The summed E-state index contributed by atoms with van der Waals surface area (Å²) in [5.74, 6) is -3.48. The lowest BCUT2D eigenvalue weighted by Crippen LogP contribution is -2.71. The van der Waals surface area contributed by atoms with Gasteiger partial charge in [-0.05, 0) is 12.0 Å². The molecule has 0 aliphatic carbocycles. The topological polar surface area (TPSA) is 159 Å². The molecule has 0 spiro atoms. The fraction of sp³-hybridized carbons (Fsp3) is 0.600. The molecule has 1 N–H and O–H groups in total. The van der Waals surface area contributed by atoms with E-state index >= 15 is 0 Å². The van der Waals surface area contributed by atoms with E-state index in [4.69, 9.17) is 30.5 Å². The van der Waals surface area contributed by atoms with Gasteiger partial charge in [0.05, 0.1) is 19.1 Å². The number of carbonyl (C=O) groups is 5. The van der Waals surface area contributed by atoms with Crippen molar-refractivity contribution in [2.75, 3.05) is 45.9 Å². The summed E-state index contributed by atoms with van der Waals surface area (Å²) in [4.78, 5) is 67.1. The number of Topliss-reactive ketones (excluding diaryl/α,β-unsaturated/α-hetero) is 1. The van der Waals surface area contributed by atoms with Gasteiger partial charge in [-0.15, -0.1) is 23.4 Å². The fourth-order valence-corrected chi connectivity index (χ4v) is 4.53. The van der Waals surface area contributed by atoms with Crippen molar-refractivity contribution < 1.29 is 47.8 Å². The van der Waals surface area contributed by atoms with Gasteiger partial charge in [-0.3, -0.25) is 19.3 Å². The number of fused-ring (bicyclic) bond motifs is 1. The molecule has 1 unspecified atom stereocenters. The van der Waals surface area contributed by atoms with E-state index < -0.39 is 59.5 Å². The van der Waals surface area contributed by atoms with Crippen molar-refractivity contribution in [2.24, 2.45) is 5.16 Å². The molecule has 15 heteroatoms. The molecule has 35 heavy (non-hydrogen) atoms. The van der Waals surface area contributed by atoms with E-state index in [2.05, 4.69) is 15.3 Å². The van der Waals surface area contributed by atoms with Gasteiger partial charge in [0.25, 0.3) is 11.8 Å². The molecular weight excluding hydrogens is 510 g/mol. The zero-order chi connectivity index (χ0) is 26.0. The number of hydrogen-bond acceptors (Lipinski definition) is 12. The van der Waals surface area contributed by atoms with Crippen molar-refractivity contribution in [3.63, 3.8) is 0 Å². The highest BCUT2D eigenvalue weighted by Crippen LogP contribution is 2.40. The Bertz CT molecular complexity index is 910. The summed E-state index contributed by atoms with van der Waals surface area (Å²) in [6, 6.07) is -1.05. The number of esters is 1. The van der Waals surface area contributed by atoms with Crippen LogP contribution in [0.2, 0.25) is 0 Å². The van der Waals surface area contributed by atoms with Gasteiger partial charge in [0, 0.05) is 12.9 Å². The lowest BCUT2D eigenvalue weighted by atomic mass is 10.0. The second kappa shape index (κ2) is 13.9. The molecule has 2 heterocycles. The van der Waals surface area contributed by atoms with Crippen molar-refractivity contribution >= 4 is 58.8 Å². The Morgan fingerprint density at radius 1 is 1.20 bits per heavy atom. The summed E-state index contributed by atoms with van der Waals surface area (Å²) in [5, 5.41) is 5.13. The Hall–Kier alpha value is -2.84. The normalized spacial score (nSPS) is 19.4. The van der Waals surface area contributed by atoms with Crippen LogP contribution < -0.4 is 5.32 Å². The molecule has 0 bridgehead atoms. The number of ketones is 1. The zero-order valence-electron chi connectivity index (χ0n) is 19.4. The third-order valence-electron chi connectivity index (χ3n) is 4.71. The number of amides is 2. The van der Waals surface area contributed by atoms with E-state index in [1.165, 1.54) is 18.9 Å². The molecule has 13 nitrogen and oxygen atoms in total. The number of methoxy groups -OCH3 is 1. The lowest BCUT2D eigenvalue weighted by Gasteiger charge is -2.49. The van der Waals surface area contributed by atoms with Gasteiger partial charge in [-0.2, -0.15) is 0 Å². The number of β-lactam (4-membered cyclic amide) rings is 1. The Kier molecular flexibility index (Phi) is 11.3. The Labute approximate surface area is 210 Å². The molecule has 0 aromatic carbocycles. The van der Waals surface area contributed by atoms with Crippen LogP contribution in [0.3, 0.4) is 0 Å². The van der Waals surface area contributed by atoms with Crippen LogP contribution in [0.15, 0.2) is 16.4 Å². The summed E-state index contributed by atoms with van der Waals surface area (Å²) in [7, 11) is 2.57. The van der Waals surface area contributed by atoms with Crippen LogP contribution in [0.1, 0.15) is 19.8 Å². The molecule has 2 amide bonds. The molecule has 194 valence electrons. The maximum absolute atomic E-state index is 12.9. The molecule has 2 atom stereocenters. The number of alkyl halides is 1. The summed E-state index contributed by atoms with van der Waals surface area (Å²) >= 11 is 6.76. The zero-order valence-corrected chi connectivity index (χ0v) is 20.9. The quantitative estimate of drug-likeness (QED) is 0.0512. The van der Waals surface area contributed by atoms with Gasteiger partial charge >= 0.3 is 12.1 Å². The first-order valence-electron chi connectivity index (χ1n) is 10.4. The molecule has 2 aliphatic heterocycles. The third-order valence-corrected chi connectivity index (χ3v) is 6.30. The van der Waals surface area contributed by atoms with Crippen molar-refractivity contribution in [1.82, 2.24) is 10.2 Å². The number of unbranched alkanes of at least 4 members (excludes halogenated alkanes) is 1. The molecule has 2 aliphatic rings. The van der Waals surface area contributed by atoms with E-state index in [0.29, 0.717) is 17.7 Å². The van der Waals surface area contributed by atoms with Crippen LogP contribution in [0.4, 0.5) is 4.79 Å². The number of ether oxygens (including phenoxy) is 4. The number of oxime groups is 1. The van der Waals surface area contributed by atoms with Crippen molar-refractivity contribution in [1.29, 1.82) is 0 Å². The largest absolute Gasteiger partial charge is 0.511 e.